The predicted molar refractivity (Wildman–Crippen MR) is 41.9 cm³/mol. The molecule has 0 amide bonds. The molecule has 0 heterocycles. The van der Waals surface area contributed by atoms with Crippen molar-refractivity contribution in [3.8, 4) is 0 Å². The third kappa shape index (κ3) is 1.66. The first-order valence-corrected chi connectivity index (χ1v) is 3.38. The summed E-state index contributed by atoms with van der Waals surface area (Å²) in [5.41, 5.74) is 0. The summed E-state index contributed by atoms with van der Waals surface area (Å²) < 4.78 is 0.945. The van der Waals surface area contributed by atoms with Gasteiger partial charge in [-0.2, -0.15) is 0 Å². The Morgan fingerprint density at radius 3 is 1.89 bits per heavy atom. The molecule has 0 fully saturated rings. The Morgan fingerprint density at radius 1 is 1.11 bits per heavy atom. The molecule has 3 heteroatoms. The van der Waals surface area contributed by atoms with Crippen molar-refractivity contribution in [3.63, 3.8) is 0 Å². The van der Waals surface area contributed by atoms with E-state index in [4.69, 9.17) is 23.2 Å². The van der Waals surface area contributed by atoms with Crippen molar-refractivity contribution in [2.45, 2.75) is 0 Å². The minimum atomic E-state index is 0.725. The van der Waals surface area contributed by atoms with Gasteiger partial charge in [0, 0.05) is 0 Å². The van der Waals surface area contributed by atoms with E-state index in [1.54, 1.807) is 0 Å². The van der Waals surface area contributed by atoms with Gasteiger partial charge in [-0.25, -0.2) is 0 Å². The fourth-order valence-electron chi connectivity index (χ4n) is 0.581. The van der Waals surface area contributed by atoms with Crippen molar-refractivity contribution in [2.24, 2.45) is 0 Å². The molecule has 0 atom stereocenters. The molecular weight excluding hydrogens is 150 g/mol. The van der Waals surface area contributed by atoms with Crippen LogP contribution in [0.5, 0.6) is 0 Å². The van der Waals surface area contributed by atoms with Crippen LogP contribution in [0.2, 0.25) is 10.0 Å². The predicted octanol–water partition coefficient (Wildman–Crippen LogP) is 1.79. The van der Waals surface area contributed by atoms with E-state index in [0.29, 0.717) is 0 Å². The summed E-state index contributed by atoms with van der Waals surface area (Å²) in [6.07, 6.45) is 0. The van der Waals surface area contributed by atoms with Gasteiger partial charge in [-0.1, -0.05) is 0 Å². The fraction of sp³-hybridized carbons (Fsp3) is 0. The molecule has 0 nitrogen and oxygen atoms in total. The van der Waals surface area contributed by atoms with Crippen LogP contribution in [0.25, 0.3) is 0 Å². The molecule has 0 spiro atoms. The van der Waals surface area contributed by atoms with Gasteiger partial charge in [-0.15, -0.1) is 0 Å². The van der Waals surface area contributed by atoms with Gasteiger partial charge in [0.15, 0.2) is 0 Å². The summed E-state index contributed by atoms with van der Waals surface area (Å²) in [5.74, 6) is 0. The van der Waals surface area contributed by atoms with Crippen LogP contribution < -0.4 is 4.24 Å². The number of benzene rings is 1. The fourth-order valence-corrected chi connectivity index (χ4v) is 0.979. The van der Waals surface area contributed by atoms with Crippen LogP contribution in [-0.2, 0) is 0 Å². The van der Waals surface area contributed by atoms with Crippen LogP contribution in [-0.4, -0.2) is 17.7 Å². The Labute approximate surface area is 73.4 Å². The molecule has 0 unspecified atom stereocenters. The first-order valence-electron chi connectivity index (χ1n) is 2.62. The second kappa shape index (κ2) is 2.99. The van der Waals surface area contributed by atoms with Crippen molar-refractivity contribution in [1.29, 1.82) is 0 Å². The van der Waals surface area contributed by atoms with Gasteiger partial charge in [0.2, 0.25) is 0 Å². The van der Waals surface area contributed by atoms with Gasteiger partial charge in [-0.05, 0) is 0 Å². The maximum absolute atomic E-state index is 5.73. The van der Waals surface area contributed by atoms with Crippen molar-refractivity contribution < 1.29 is 0 Å². The summed E-state index contributed by atoms with van der Waals surface area (Å²) in [4.78, 5) is 0. The molecule has 0 bridgehead atoms. The zero-order chi connectivity index (χ0) is 6.85. The maximum atomic E-state index is 5.73. The molecule has 0 N–H and O–H groups in total. The Balaban J connectivity index is 3.25. The third-order valence-electron chi connectivity index (χ3n) is 1.20. The van der Waals surface area contributed by atoms with Crippen LogP contribution >= 0.6 is 23.2 Å². The van der Waals surface area contributed by atoms with Crippen LogP contribution in [0.15, 0.2) is 18.2 Å². The Hall–Kier alpha value is 0.397. The second-order valence-corrected chi connectivity index (χ2v) is 2.66. The summed E-state index contributed by atoms with van der Waals surface area (Å²) in [7, 11) is 0. The molecule has 0 saturated carbocycles. The Kier molecular flexibility index (Phi) is 2.49. The average Bonchev–Trinajstić information content (AvgIpc) is 1.83. The molecule has 0 radical (unpaired) electrons. The van der Waals surface area contributed by atoms with Gasteiger partial charge >= 0.3 is 73.4 Å². The van der Waals surface area contributed by atoms with E-state index < -0.39 is 0 Å². The average molecular weight is 153 g/mol. The van der Waals surface area contributed by atoms with Crippen molar-refractivity contribution in [2.75, 3.05) is 0 Å². The second-order valence-electron chi connectivity index (χ2n) is 1.85. The summed E-state index contributed by atoms with van der Waals surface area (Å²) >= 11 is 13.4. The van der Waals surface area contributed by atoms with E-state index in [-0.39, 0.29) is 0 Å². The zero-order valence-electron chi connectivity index (χ0n) is 4.99. The molecule has 42 valence electrons. The first kappa shape index (κ1) is 7.50. The molecular formula is C6H3Cl2Li. The number of rotatable bonds is 0. The number of hydrogen-bond donors (Lipinski definition) is 0. The topological polar surface area (TPSA) is 0 Å². The number of hydrogen-bond acceptors (Lipinski definition) is 0. The molecule has 1 rings (SSSR count). The van der Waals surface area contributed by atoms with Gasteiger partial charge in [0.25, 0.3) is 0 Å². The molecule has 1 aromatic carbocycles. The quantitative estimate of drug-likeness (QED) is 0.498. The van der Waals surface area contributed by atoms with Crippen LogP contribution in [0.4, 0.5) is 0 Å². The van der Waals surface area contributed by atoms with E-state index >= 15 is 0 Å². The Morgan fingerprint density at radius 2 is 1.56 bits per heavy atom. The monoisotopic (exact) mass is 152 g/mol. The third-order valence-corrected chi connectivity index (χ3v) is 2.02. The van der Waals surface area contributed by atoms with E-state index in [9.17, 15) is 0 Å². The zero-order valence-corrected chi connectivity index (χ0v) is 6.50. The normalized spacial score (nSPS) is 9.78. The van der Waals surface area contributed by atoms with Crippen LogP contribution in [0.3, 0.4) is 0 Å². The van der Waals surface area contributed by atoms with Crippen molar-refractivity contribution in [3.05, 3.63) is 28.2 Å². The van der Waals surface area contributed by atoms with Gasteiger partial charge in [0.05, 0.1) is 0 Å². The van der Waals surface area contributed by atoms with Crippen molar-refractivity contribution in [1.82, 2.24) is 0 Å². The van der Waals surface area contributed by atoms with Crippen LogP contribution in [0, 0.1) is 0 Å². The van der Waals surface area contributed by atoms with Crippen molar-refractivity contribution >= 4 is 45.2 Å². The van der Waals surface area contributed by atoms with E-state index in [0.717, 1.165) is 14.3 Å². The van der Waals surface area contributed by atoms with Gasteiger partial charge in [0.1, 0.15) is 0 Å². The van der Waals surface area contributed by atoms with E-state index in [1.165, 1.54) is 0 Å². The SMILES string of the molecule is [Li][c]1c(Cl)cccc1Cl. The minimum absolute atomic E-state index is 0.725. The summed E-state index contributed by atoms with van der Waals surface area (Å²) in [6, 6.07) is 5.48. The number of halogens is 2. The standard InChI is InChI=1S/C6H3Cl2.Li/c7-5-2-1-3-6(8)4-5;/h1-3H;. The van der Waals surface area contributed by atoms with Gasteiger partial charge in [-0.3, -0.25) is 0 Å². The molecule has 0 saturated heterocycles. The molecule has 0 aromatic heterocycles. The van der Waals surface area contributed by atoms with E-state index in [2.05, 4.69) is 0 Å². The first-order chi connectivity index (χ1) is 4.22. The molecule has 1 aromatic rings. The molecule has 9 heavy (non-hydrogen) atoms. The van der Waals surface area contributed by atoms with Crippen LogP contribution in [0.1, 0.15) is 0 Å². The summed E-state index contributed by atoms with van der Waals surface area (Å²) in [5, 5.41) is 1.45. The van der Waals surface area contributed by atoms with Gasteiger partial charge < -0.3 is 0 Å². The summed E-state index contributed by atoms with van der Waals surface area (Å²) in [6.45, 7) is 0. The molecule has 0 aliphatic rings. The molecule has 0 aliphatic carbocycles. The Bertz CT molecular complexity index is 202. The van der Waals surface area contributed by atoms with E-state index in [1.807, 2.05) is 35.9 Å². The molecule has 0 aliphatic heterocycles.